The summed E-state index contributed by atoms with van der Waals surface area (Å²) < 4.78 is 57.5. The molecule has 34 heavy (non-hydrogen) atoms. The van der Waals surface area contributed by atoms with Crippen molar-refractivity contribution in [2.75, 3.05) is 0 Å². The molecule has 3 rings (SSSR count). The SMILES string of the molecule is CCCCCc1ccc(-c2cc(C)c(CCc3ccc(CCC)cc3)c(C(F)(F)F)c2F)cc1. The number of aryl methyl sites for hydroxylation is 4. The summed E-state index contributed by atoms with van der Waals surface area (Å²) in [6.45, 7) is 5.89. The van der Waals surface area contributed by atoms with E-state index in [4.69, 9.17) is 0 Å². The Hall–Kier alpha value is -2.62. The number of rotatable bonds is 10. The van der Waals surface area contributed by atoms with E-state index in [1.54, 1.807) is 25.1 Å². The molecule has 0 aliphatic heterocycles. The Bertz CT molecular complexity index is 1060. The van der Waals surface area contributed by atoms with Gasteiger partial charge in [0.1, 0.15) is 5.82 Å². The Kier molecular flexibility index (Phi) is 8.93. The molecule has 0 amide bonds. The fourth-order valence-electron chi connectivity index (χ4n) is 4.52. The summed E-state index contributed by atoms with van der Waals surface area (Å²) in [5, 5.41) is 0. The van der Waals surface area contributed by atoms with Gasteiger partial charge in [-0.15, -0.1) is 0 Å². The highest BCUT2D eigenvalue weighted by molar-refractivity contribution is 5.68. The van der Waals surface area contributed by atoms with Crippen LogP contribution in [0.4, 0.5) is 17.6 Å². The van der Waals surface area contributed by atoms with Gasteiger partial charge in [-0.1, -0.05) is 81.6 Å². The molecule has 0 spiro atoms. The Morgan fingerprint density at radius 2 is 1.24 bits per heavy atom. The fraction of sp³-hybridized carbons (Fsp3) is 0.400. The van der Waals surface area contributed by atoms with E-state index in [9.17, 15) is 13.2 Å². The molecular formula is C30H34F4. The van der Waals surface area contributed by atoms with Crippen LogP contribution in [0.25, 0.3) is 11.1 Å². The maximum Gasteiger partial charge on any atom is 0.419 e. The minimum Gasteiger partial charge on any atom is -0.206 e. The summed E-state index contributed by atoms with van der Waals surface area (Å²) in [7, 11) is 0. The van der Waals surface area contributed by atoms with Crippen LogP contribution in [-0.2, 0) is 31.9 Å². The van der Waals surface area contributed by atoms with Gasteiger partial charge in [0.05, 0.1) is 5.56 Å². The molecule has 0 heterocycles. The normalized spacial score (nSPS) is 11.7. The number of benzene rings is 3. The lowest BCUT2D eigenvalue weighted by Gasteiger charge is -2.19. The molecule has 0 radical (unpaired) electrons. The molecule has 0 nitrogen and oxygen atoms in total. The molecule has 0 saturated carbocycles. The predicted molar refractivity (Wildman–Crippen MR) is 133 cm³/mol. The average Bonchev–Trinajstić information content (AvgIpc) is 2.80. The van der Waals surface area contributed by atoms with E-state index < -0.39 is 17.6 Å². The third-order valence-electron chi connectivity index (χ3n) is 6.44. The third kappa shape index (κ3) is 6.49. The number of unbranched alkanes of at least 4 members (excludes halogenated alkanes) is 2. The van der Waals surface area contributed by atoms with Gasteiger partial charge in [-0.05, 0) is 78.5 Å². The van der Waals surface area contributed by atoms with Crippen molar-refractivity contribution in [1.29, 1.82) is 0 Å². The van der Waals surface area contributed by atoms with E-state index in [0.29, 0.717) is 17.5 Å². The molecule has 3 aromatic carbocycles. The molecule has 0 N–H and O–H groups in total. The highest BCUT2D eigenvalue weighted by Crippen LogP contribution is 2.40. The van der Waals surface area contributed by atoms with Crippen molar-refractivity contribution in [3.05, 3.63) is 93.8 Å². The highest BCUT2D eigenvalue weighted by Gasteiger charge is 2.38. The molecule has 0 atom stereocenters. The highest BCUT2D eigenvalue weighted by atomic mass is 19.4. The average molecular weight is 471 g/mol. The molecule has 182 valence electrons. The van der Waals surface area contributed by atoms with Crippen molar-refractivity contribution in [2.24, 2.45) is 0 Å². The molecule has 0 saturated heterocycles. The molecule has 0 unspecified atom stereocenters. The molecule has 0 fully saturated rings. The predicted octanol–water partition coefficient (Wildman–Crippen LogP) is 9.29. The van der Waals surface area contributed by atoms with Crippen LogP contribution in [0.2, 0.25) is 0 Å². The Labute approximate surface area is 201 Å². The molecular weight excluding hydrogens is 436 g/mol. The zero-order valence-electron chi connectivity index (χ0n) is 20.4. The van der Waals surface area contributed by atoms with Gasteiger partial charge < -0.3 is 0 Å². The lowest BCUT2D eigenvalue weighted by molar-refractivity contribution is -0.140. The minimum atomic E-state index is -4.76. The standard InChI is InChI=1S/C30H34F4/c1-4-6-7-9-23-14-17-25(18-15-23)27-20-21(3)26(28(29(27)31)30(32,33)34)19-16-24-12-10-22(8-5-2)11-13-24/h10-15,17-18,20H,4-9,16,19H2,1-3H3. The van der Waals surface area contributed by atoms with Crippen molar-refractivity contribution in [3.8, 4) is 11.1 Å². The number of alkyl halides is 3. The van der Waals surface area contributed by atoms with Crippen LogP contribution >= 0.6 is 0 Å². The van der Waals surface area contributed by atoms with Crippen LogP contribution in [0.5, 0.6) is 0 Å². The van der Waals surface area contributed by atoms with Crippen LogP contribution in [0, 0.1) is 12.7 Å². The zero-order chi connectivity index (χ0) is 24.7. The first-order valence-electron chi connectivity index (χ1n) is 12.3. The van der Waals surface area contributed by atoms with Gasteiger partial charge in [0.2, 0.25) is 0 Å². The van der Waals surface area contributed by atoms with E-state index in [-0.39, 0.29) is 17.5 Å². The first-order valence-corrected chi connectivity index (χ1v) is 12.3. The van der Waals surface area contributed by atoms with Crippen molar-refractivity contribution < 1.29 is 17.6 Å². The van der Waals surface area contributed by atoms with Gasteiger partial charge in [-0.3, -0.25) is 0 Å². The number of hydrogen-bond donors (Lipinski definition) is 0. The van der Waals surface area contributed by atoms with Crippen LogP contribution in [-0.4, -0.2) is 0 Å². The van der Waals surface area contributed by atoms with Crippen molar-refractivity contribution in [3.63, 3.8) is 0 Å². The van der Waals surface area contributed by atoms with Crippen molar-refractivity contribution >= 4 is 0 Å². The third-order valence-corrected chi connectivity index (χ3v) is 6.44. The Morgan fingerprint density at radius 1 is 0.676 bits per heavy atom. The van der Waals surface area contributed by atoms with E-state index in [1.165, 1.54) is 5.56 Å². The van der Waals surface area contributed by atoms with Crippen LogP contribution < -0.4 is 0 Å². The summed E-state index contributed by atoms with van der Waals surface area (Å²) in [4.78, 5) is 0. The van der Waals surface area contributed by atoms with Crippen molar-refractivity contribution in [1.82, 2.24) is 0 Å². The second-order valence-electron chi connectivity index (χ2n) is 9.13. The lowest BCUT2D eigenvalue weighted by atomic mass is 9.90. The Morgan fingerprint density at radius 3 is 1.79 bits per heavy atom. The van der Waals surface area contributed by atoms with E-state index in [0.717, 1.165) is 49.7 Å². The zero-order valence-corrected chi connectivity index (χ0v) is 20.4. The van der Waals surface area contributed by atoms with E-state index in [1.807, 2.05) is 36.4 Å². The second-order valence-corrected chi connectivity index (χ2v) is 9.13. The van der Waals surface area contributed by atoms with Crippen LogP contribution in [0.3, 0.4) is 0 Å². The smallest absolute Gasteiger partial charge is 0.206 e. The number of halogens is 4. The first kappa shape index (κ1) is 26.0. The summed E-state index contributed by atoms with van der Waals surface area (Å²) in [6, 6.07) is 16.8. The van der Waals surface area contributed by atoms with Gasteiger partial charge in [0.25, 0.3) is 0 Å². The summed E-state index contributed by atoms with van der Waals surface area (Å²) in [5.41, 5.74) is 3.16. The molecule has 3 aromatic rings. The van der Waals surface area contributed by atoms with E-state index >= 15 is 4.39 Å². The fourth-order valence-corrected chi connectivity index (χ4v) is 4.52. The van der Waals surface area contributed by atoms with Gasteiger partial charge in [0.15, 0.2) is 0 Å². The summed E-state index contributed by atoms with van der Waals surface area (Å²) in [5.74, 6) is -1.18. The lowest BCUT2D eigenvalue weighted by Crippen LogP contribution is -2.15. The molecule has 4 heteroatoms. The minimum absolute atomic E-state index is 0.0117. The second kappa shape index (κ2) is 11.7. The van der Waals surface area contributed by atoms with Gasteiger partial charge in [0, 0.05) is 5.56 Å². The quantitative estimate of drug-likeness (QED) is 0.205. The summed E-state index contributed by atoms with van der Waals surface area (Å²) in [6.07, 6.45) is 2.08. The van der Waals surface area contributed by atoms with Crippen molar-refractivity contribution in [2.45, 2.75) is 78.3 Å². The van der Waals surface area contributed by atoms with Crippen LogP contribution in [0.1, 0.15) is 72.9 Å². The topological polar surface area (TPSA) is 0 Å². The maximum atomic E-state index is 15.4. The van der Waals surface area contributed by atoms with Crippen LogP contribution in [0.15, 0.2) is 54.6 Å². The van der Waals surface area contributed by atoms with Gasteiger partial charge in [-0.25, -0.2) is 4.39 Å². The number of hydrogen-bond acceptors (Lipinski definition) is 0. The van der Waals surface area contributed by atoms with E-state index in [2.05, 4.69) is 13.8 Å². The molecule has 0 aliphatic carbocycles. The maximum absolute atomic E-state index is 15.4. The van der Waals surface area contributed by atoms with Gasteiger partial charge in [-0.2, -0.15) is 13.2 Å². The molecule has 0 aliphatic rings. The van der Waals surface area contributed by atoms with Gasteiger partial charge >= 0.3 is 6.18 Å². The largest absolute Gasteiger partial charge is 0.419 e. The molecule has 0 bridgehead atoms. The first-order chi connectivity index (χ1) is 16.2. The Balaban J connectivity index is 1.89. The monoisotopic (exact) mass is 470 g/mol. The summed E-state index contributed by atoms with van der Waals surface area (Å²) >= 11 is 0. The molecule has 0 aromatic heterocycles.